The molecule has 0 aromatic heterocycles. The smallest absolute Gasteiger partial charge is 0.00666 e. The van der Waals surface area contributed by atoms with E-state index in [1.807, 2.05) is 0 Å². The molecule has 0 aromatic rings. The minimum absolute atomic E-state index is 0.856. The molecule has 0 aliphatic heterocycles. The molecule has 0 radical (unpaired) electrons. The van der Waals surface area contributed by atoms with Crippen molar-refractivity contribution < 1.29 is 0 Å². The van der Waals surface area contributed by atoms with Gasteiger partial charge in [0.05, 0.1) is 0 Å². The summed E-state index contributed by atoms with van der Waals surface area (Å²) in [6, 6.07) is 0. The normalized spacial score (nSPS) is 34.2. The summed E-state index contributed by atoms with van der Waals surface area (Å²) >= 11 is 8.69. The van der Waals surface area contributed by atoms with Gasteiger partial charge in [-0.2, -0.15) is 25.3 Å². The second-order valence-corrected chi connectivity index (χ2v) is 3.90. The van der Waals surface area contributed by atoms with Crippen molar-refractivity contribution in [3.05, 3.63) is 0 Å². The van der Waals surface area contributed by atoms with Gasteiger partial charge in [0.25, 0.3) is 0 Å². The van der Waals surface area contributed by atoms with E-state index in [2.05, 4.69) is 25.3 Å². The second kappa shape index (κ2) is 4.55. The van der Waals surface area contributed by atoms with E-state index < -0.39 is 0 Å². The van der Waals surface area contributed by atoms with Gasteiger partial charge in [-0.05, 0) is 36.2 Å². The highest BCUT2D eigenvalue weighted by Crippen LogP contribution is 2.31. The zero-order chi connectivity index (χ0) is 7.40. The zero-order valence-electron chi connectivity index (χ0n) is 6.29. The monoisotopic (exact) mass is 176 g/mol. The molecule has 0 N–H and O–H groups in total. The Hall–Kier alpha value is 0.700. The van der Waals surface area contributed by atoms with Crippen molar-refractivity contribution in [1.82, 2.24) is 0 Å². The molecule has 0 amide bonds. The summed E-state index contributed by atoms with van der Waals surface area (Å²) in [6.45, 7) is 0. The molecule has 0 bridgehead atoms. The largest absolute Gasteiger partial charge is 0.179 e. The van der Waals surface area contributed by atoms with Gasteiger partial charge < -0.3 is 0 Å². The van der Waals surface area contributed by atoms with Gasteiger partial charge in [-0.25, -0.2) is 0 Å². The van der Waals surface area contributed by atoms with Crippen molar-refractivity contribution in [2.45, 2.75) is 25.7 Å². The summed E-state index contributed by atoms with van der Waals surface area (Å²) in [5.41, 5.74) is 0. The Bertz CT molecular complexity index is 81.3. The summed E-state index contributed by atoms with van der Waals surface area (Å²) in [4.78, 5) is 0. The molecule has 2 unspecified atom stereocenters. The van der Waals surface area contributed by atoms with E-state index in [9.17, 15) is 0 Å². The predicted molar refractivity (Wildman–Crippen MR) is 53.2 cm³/mol. The zero-order valence-corrected chi connectivity index (χ0v) is 8.08. The first kappa shape index (κ1) is 8.79. The van der Waals surface area contributed by atoms with Crippen molar-refractivity contribution >= 4 is 25.3 Å². The van der Waals surface area contributed by atoms with Crippen LogP contribution in [0.2, 0.25) is 0 Å². The van der Waals surface area contributed by atoms with E-state index in [1.54, 1.807) is 0 Å². The average Bonchev–Trinajstić information content (AvgIpc) is 2.04. The lowest BCUT2D eigenvalue weighted by Crippen LogP contribution is -2.22. The minimum Gasteiger partial charge on any atom is -0.179 e. The molecule has 60 valence electrons. The third kappa shape index (κ3) is 2.09. The van der Waals surface area contributed by atoms with Gasteiger partial charge in [0, 0.05) is 0 Å². The van der Waals surface area contributed by atoms with Gasteiger partial charge in [-0.1, -0.05) is 12.8 Å². The van der Waals surface area contributed by atoms with Gasteiger partial charge in [-0.3, -0.25) is 0 Å². The third-order valence-corrected chi connectivity index (χ3v) is 3.47. The minimum atomic E-state index is 0.856. The molecular weight excluding hydrogens is 160 g/mol. The highest BCUT2D eigenvalue weighted by molar-refractivity contribution is 7.80. The van der Waals surface area contributed by atoms with Crippen LogP contribution in [0.25, 0.3) is 0 Å². The first-order valence-electron chi connectivity index (χ1n) is 4.10. The van der Waals surface area contributed by atoms with E-state index in [-0.39, 0.29) is 0 Å². The Balaban J connectivity index is 2.34. The number of rotatable bonds is 2. The molecule has 0 heterocycles. The fourth-order valence-corrected chi connectivity index (χ4v) is 2.73. The molecule has 0 aromatic carbocycles. The fourth-order valence-electron chi connectivity index (χ4n) is 1.77. The van der Waals surface area contributed by atoms with Crippen molar-refractivity contribution in [2.75, 3.05) is 11.5 Å². The summed E-state index contributed by atoms with van der Waals surface area (Å²) in [5.74, 6) is 3.83. The van der Waals surface area contributed by atoms with Crippen LogP contribution < -0.4 is 0 Å². The van der Waals surface area contributed by atoms with Crippen LogP contribution in [0.1, 0.15) is 25.7 Å². The van der Waals surface area contributed by atoms with E-state index in [0.717, 1.165) is 23.3 Å². The van der Waals surface area contributed by atoms with E-state index in [0.29, 0.717) is 0 Å². The molecule has 2 heteroatoms. The maximum atomic E-state index is 4.34. The average molecular weight is 176 g/mol. The molecule has 0 spiro atoms. The van der Waals surface area contributed by atoms with Crippen LogP contribution in [0.4, 0.5) is 0 Å². The first-order valence-corrected chi connectivity index (χ1v) is 5.36. The Kier molecular flexibility index (Phi) is 4.00. The third-order valence-electron chi connectivity index (χ3n) is 2.54. The molecule has 1 rings (SSSR count). The summed E-state index contributed by atoms with van der Waals surface area (Å²) < 4.78 is 0. The number of hydrogen-bond acceptors (Lipinski definition) is 2. The predicted octanol–water partition coefficient (Wildman–Crippen LogP) is 2.65. The Morgan fingerprint density at radius 3 is 1.60 bits per heavy atom. The maximum absolute atomic E-state index is 4.34. The van der Waals surface area contributed by atoms with Crippen molar-refractivity contribution in [3.8, 4) is 0 Å². The Morgan fingerprint density at radius 1 is 0.900 bits per heavy atom. The molecule has 1 aliphatic rings. The van der Waals surface area contributed by atoms with Crippen LogP contribution >= 0.6 is 25.3 Å². The number of thiol groups is 2. The van der Waals surface area contributed by atoms with Crippen LogP contribution in [0.5, 0.6) is 0 Å². The molecule has 1 saturated carbocycles. The standard InChI is InChI=1S/C8H16S2/c9-5-7-3-1-2-4-8(7)6-10/h7-10H,1-6H2. The van der Waals surface area contributed by atoms with Gasteiger partial charge in [0.2, 0.25) is 0 Å². The van der Waals surface area contributed by atoms with Gasteiger partial charge >= 0.3 is 0 Å². The second-order valence-electron chi connectivity index (χ2n) is 3.17. The van der Waals surface area contributed by atoms with Crippen LogP contribution in [0.15, 0.2) is 0 Å². The van der Waals surface area contributed by atoms with Crippen molar-refractivity contribution in [1.29, 1.82) is 0 Å². The summed E-state index contributed by atoms with van der Waals surface area (Å²) in [7, 11) is 0. The highest BCUT2D eigenvalue weighted by Gasteiger charge is 2.21. The van der Waals surface area contributed by atoms with Crippen LogP contribution in [-0.4, -0.2) is 11.5 Å². The quantitative estimate of drug-likeness (QED) is 0.594. The first-order chi connectivity index (χ1) is 4.88. The number of hydrogen-bond donors (Lipinski definition) is 2. The van der Waals surface area contributed by atoms with Crippen LogP contribution in [0.3, 0.4) is 0 Å². The highest BCUT2D eigenvalue weighted by atomic mass is 32.1. The van der Waals surface area contributed by atoms with Crippen molar-refractivity contribution in [3.63, 3.8) is 0 Å². The van der Waals surface area contributed by atoms with Gasteiger partial charge in [-0.15, -0.1) is 0 Å². The van der Waals surface area contributed by atoms with E-state index in [1.165, 1.54) is 25.7 Å². The van der Waals surface area contributed by atoms with Gasteiger partial charge in [0.1, 0.15) is 0 Å². The van der Waals surface area contributed by atoms with Gasteiger partial charge in [0.15, 0.2) is 0 Å². The maximum Gasteiger partial charge on any atom is -0.00666 e. The Morgan fingerprint density at radius 2 is 1.30 bits per heavy atom. The van der Waals surface area contributed by atoms with E-state index in [4.69, 9.17) is 0 Å². The topological polar surface area (TPSA) is 0 Å². The lowest BCUT2D eigenvalue weighted by molar-refractivity contribution is 0.288. The molecule has 0 saturated heterocycles. The van der Waals surface area contributed by atoms with Crippen LogP contribution in [-0.2, 0) is 0 Å². The van der Waals surface area contributed by atoms with E-state index >= 15 is 0 Å². The molecule has 10 heavy (non-hydrogen) atoms. The lowest BCUT2D eigenvalue weighted by Gasteiger charge is -2.28. The van der Waals surface area contributed by atoms with Crippen molar-refractivity contribution in [2.24, 2.45) is 11.8 Å². The molecular formula is C8H16S2. The SMILES string of the molecule is SCC1CCCCC1CS. The molecule has 0 nitrogen and oxygen atoms in total. The lowest BCUT2D eigenvalue weighted by atomic mass is 9.81. The van der Waals surface area contributed by atoms with Crippen LogP contribution in [0, 0.1) is 11.8 Å². The molecule has 2 atom stereocenters. The summed E-state index contributed by atoms with van der Waals surface area (Å²) in [5, 5.41) is 0. The summed E-state index contributed by atoms with van der Waals surface area (Å²) in [6.07, 6.45) is 5.59. The molecule has 1 aliphatic carbocycles. The molecule has 1 fully saturated rings. The Labute approximate surface area is 74.6 Å². The fraction of sp³-hybridized carbons (Fsp3) is 1.00.